The summed E-state index contributed by atoms with van der Waals surface area (Å²) in [6, 6.07) is 0. The van der Waals surface area contributed by atoms with Crippen molar-refractivity contribution in [3.8, 4) is 0 Å². The monoisotopic (exact) mass is 1730 g/mol. The molecule has 24 N–H and O–H groups in total. The van der Waals surface area contributed by atoms with E-state index in [4.69, 9.17) is 103 Å². The number of esters is 12. The predicted molar refractivity (Wildman–Crippen MR) is 446 cm³/mol. The Morgan fingerprint density at radius 2 is 0.308 bits per heavy atom. The number of carbonyl (C=O) groups excluding carboxylic acids is 12. The molecule has 0 aliphatic heterocycles. The predicted octanol–water partition coefficient (Wildman–Crippen LogP) is -5.24. The third-order valence-electron chi connectivity index (χ3n) is 19.3. The van der Waals surface area contributed by atoms with E-state index in [1.54, 1.807) is 37.5 Å². The first-order valence-electron chi connectivity index (χ1n) is 42.4. The van der Waals surface area contributed by atoms with Gasteiger partial charge in [0.15, 0.2) is 0 Å². The number of carbonyl (C=O) groups is 12. The molecule has 0 aliphatic carbocycles. The molecule has 0 spiro atoms. The van der Waals surface area contributed by atoms with Crippen LogP contribution in [0.5, 0.6) is 0 Å². The molecule has 0 radical (unpaired) electrons. The first-order chi connectivity index (χ1) is 57.8. The van der Waals surface area contributed by atoms with E-state index < -0.39 is 93.3 Å². The quantitative estimate of drug-likeness (QED) is 0.0154. The molecule has 42 nitrogen and oxygen atoms in total. The Labute approximate surface area is 709 Å². The van der Waals surface area contributed by atoms with E-state index in [1.165, 1.54) is 0 Å². The van der Waals surface area contributed by atoms with Crippen molar-refractivity contribution in [2.75, 3.05) is 276 Å². The Balaban J connectivity index is 7.90. The lowest BCUT2D eigenvalue weighted by molar-refractivity contribution is -0.165. The van der Waals surface area contributed by atoms with Crippen molar-refractivity contribution >= 4 is 71.6 Å². The van der Waals surface area contributed by atoms with Crippen molar-refractivity contribution < 1.29 is 114 Å². The van der Waals surface area contributed by atoms with Gasteiger partial charge in [0.05, 0.1) is 98.7 Å². The fourth-order valence-corrected chi connectivity index (χ4v) is 10.7. The second-order valence-electron chi connectivity index (χ2n) is 29.3. The summed E-state index contributed by atoms with van der Waals surface area (Å²) in [7, 11) is 0. The molecule has 0 saturated carbocycles. The molecule has 0 atom stereocenters. The van der Waals surface area contributed by atoms with Gasteiger partial charge in [-0.1, -0.05) is 27.7 Å². The van der Waals surface area contributed by atoms with Gasteiger partial charge in [-0.25, -0.2) is 0 Å². The van der Waals surface area contributed by atoms with Crippen LogP contribution in [0, 0.1) is 21.7 Å². The highest BCUT2D eigenvalue weighted by Gasteiger charge is 2.39. The second-order valence-corrected chi connectivity index (χ2v) is 29.3. The minimum atomic E-state index is -1.21. The molecule has 0 fully saturated rings. The molecular weight excluding hydrogens is 1570 g/mol. The number of rotatable bonds is 83. The SMILES string of the molecule is CCC(COC(=O)CCNCCN)(COC(=O)CCNCCN)COC(=O)CCN(CCC(=O)OCC(CC)(COC(=O)CCNCCN)COC(=O)CCNCCN)CCN(CCC(=O)OCC(CC)(COC(=O)CCNCCN)COC(=O)CCNCCN)CCC(=O)OCC(CC)(COC(=O)CCNCCN)COC(=O)CCNCCN. The lowest BCUT2D eigenvalue weighted by atomic mass is 9.88. The van der Waals surface area contributed by atoms with Crippen LogP contribution in [0.15, 0.2) is 0 Å². The van der Waals surface area contributed by atoms with E-state index in [2.05, 4.69) is 42.5 Å². The second kappa shape index (κ2) is 73.5. The molecule has 0 heterocycles. The van der Waals surface area contributed by atoms with E-state index in [0.29, 0.717) is 105 Å². The third kappa shape index (κ3) is 59.6. The molecule has 698 valence electrons. The van der Waals surface area contributed by atoms with Crippen LogP contribution in [0.2, 0.25) is 0 Å². The van der Waals surface area contributed by atoms with Gasteiger partial charge in [-0.15, -0.1) is 0 Å². The standard InChI is InChI=1S/C78H152N18O24/c1-5-75(51-109-63(97)9-29-87-37-21-79,52-110-64(98)10-30-88-38-22-80)59-117-71(105)17-45-95(46-18-72(106)118-60-76(6-2,53-111-65(99)11-31-89-39-23-81)54-112-66(100)12-32-90-40-24-82)49-50-96(47-19-73(107)119-61-77(7-3,55-113-67(101)13-33-91-41-25-83)56-114-68(102)14-34-92-42-26-84)48-20-74(108)120-62-78(8-4,57-115-69(103)15-35-93-43-27-85)58-116-70(104)16-36-94-44-28-86/h87-94H,5-62,79-86H2,1-4H3. The molecule has 0 bridgehead atoms. The van der Waals surface area contributed by atoms with Gasteiger partial charge in [-0.2, -0.15) is 0 Å². The summed E-state index contributed by atoms with van der Waals surface area (Å²) in [6.07, 6.45) is -0.481. The smallest absolute Gasteiger partial charge is 0.307 e. The van der Waals surface area contributed by atoms with Crippen LogP contribution in [0.25, 0.3) is 0 Å². The van der Waals surface area contributed by atoms with Crippen LogP contribution in [-0.4, -0.2) is 357 Å². The summed E-state index contributed by atoms with van der Waals surface area (Å²) >= 11 is 0. The van der Waals surface area contributed by atoms with Crippen LogP contribution in [0.3, 0.4) is 0 Å². The number of hydrogen-bond acceptors (Lipinski definition) is 42. The molecule has 42 heteroatoms. The van der Waals surface area contributed by atoms with Crippen molar-refractivity contribution in [2.24, 2.45) is 67.5 Å². The lowest BCUT2D eigenvalue weighted by Gasteiger charge is -2.32. The molecule has 0 rings (SSSR count). The fraction of sp³-hybridized carbons (Fsp3) is 0.846. The zero-order valence-corrected chi connectivity index (χ0v) is 72.3. The molecule has 0 amide bonds. The van der Waals surface area contributed by atoms with Gasteiger partial charge in [0.2, 0.25) is 0 Å². The summed E-state index contributed by atoms with van der Waals surface area (Å²) in [5.41, 5.74) is 40.0. The van der Waals surface area contributed by atoms with Gasteiger partial charge in [0.25, 0.3) is 0 Å². The van der Waals surface area contributed by atoms with Crippen LogP contribution < -0.4 is 88.4 Å². The first kappa shape index (κ1) is 113. The molecule has 0 saturated heterocycles. The lowest BCUT2D eigenvalue weighted by Crippen LogP contribution is -2.42. The van der Waals surface area contributed by atoms with Crippen molar-refractivity contribution in [3.63, 3.8) is 0 Å². The highest BCUT2D eigenvalue weighted by atomic mass is 16.6. The third-order valence-corrected chi connectivity index (χ3v) is 19.3. The summed E-state index contributed by atoms with van der Waals surface area (Å²) in [5.74, 6) is -7.50. The zero-order chi connectivity index (χ0) is 89.2. The molecule has 0 aromatic heterocycles. The van der Waals surface area contributed by atoms with E-state index in [9.17, 15) is 57.5 Å². The van der Waals surface area contributed by atoms with Crippen molar-refractivity contribution in [2.45, 2.75) is 130 Å². The molecule has 0 aliphatic rings. The highest BCUT2D eigenvalue weighted by molar-refractivity contribution is 5.74. The largest absolute Gasteiger partial charge is 0.465 e. The number of hydrogen-bond donors (Lipinski definition) is 16. The van der Waals surface area contributed by atoms with E-state index >= 15 is 0 Å². The van der Waals surface area contributed by atoms with E-state index in [-0.39, 0.29) is 274 Å². The van der Waals surface area contributed by atoms with E-state index in [1.807, 2.05) is 0 Å². The first-order valence-corrected chi connectivity index (χ1v) is 42.4. The Kier molecular flexibility index (Phi) is 69.1. The molecule has 120 heavy (non-hydrogen) atoms. The number of nitrogens with two attached hydrogens (primary N) is 8. The molecule has 0 unspecified atom stereocenters. The molecule has 0 aromatic rings. The van der Waals surface area contributed by atoms with Gasteiger partial charge >= 0.3 is 71.6 Å². The van der Waals surface area contributed by atoms with E-state index in [0.717, 1.165) is 0 Å². The Morgan fingerprint density at radius 3 is 0.417 bits per heavy atom. The minimum absolute atomic E-state index is 0.0109. The van der Waals surface area contributed by atoms with Crippen molar-refractivity contribution in [1.29, 1.82) is 0 Å². The van der Waals surface area contributed by atoms with Gasteiger partial charge < -0.3 is 155 Å². The van der Waals surface area contributed by atoms with Crippen molar-refractivity contribution in [1.82, 2.24) is 52.3 Å². The van der Waals surface area contributed by atoms with Gasteiger partial charge in [0.1, 0.15) is 79.3 Å². The zero-order valence-electron chi connectivity index (χ0n) is 72.3. The average molecular weight is 1730 g/mol. The highest BCUT2D eigenvalue weighted by Crippen LogP contribution is 2.29. The van der Waals surface area contributed by atoms with Crippen LogP contribution in [0.1, 0.15) is 130 Å². The number of ether oxygens (including phenoxy) is 12. The Hall–Kier alpha value is -7.08. The Bertz CT molecular complexity index is 2330. The normalized spacial score (nSPS) is 11.8. The molecular formula is C78H152N18O24. The fourth-order valence-electron chi connectivity index (χ4n) is 10.7. The minimum Gasteiger partial charge on any atom is -0.465 e. The topological polar surface area (TPSA) is 626 Å². The average Bonchev–Trinajstić information content (AvgIpc) is 0.878. The number of nitrogens with one attached hydrogen (secondary N) is 8. The van der Waals surface area contributed by atoms with Crippen LogP contribution in [0.4, 0.5) is 0 Å². The van der Waals surface area contributed by atoms with Crippen LogP contribution in [-0.2, 0) is 114 Å². The summed E-state index contributed by atoms with van der Waals surface area (Å²) in [6.45, 7) is 11.6. The summed E-state index contributed by atoms with van der Waals surface area (Å²) in [5, 5.41) is 24.3. The van der Waals surface area contributed by atoms with Gasteiger partial charge in [0, 0.05) is 196 Å². The number of nitrogens with zero attached hydrogens (tertiary/aromatic N) is 2. The maximum absolute atomic E-state index is 14.2. The van der Waals surface area contributed by atoms with Gasteiger partial charge in [-0.3, -0.25) is 57.5 Å². The van der Waals surface area contributed by atoms with Crippen LogP contribution >= 0.6 is 0 Å². The van der Waals surface area contributed by atoms with Gasteiger partial charge in [-0.05, 0) is 25.7 Å². The Morgan fingerprint density at radius 1 is 0.192 bits per heavy atom. The summed E-state index contributed by atoms with van der Waals surface area (Å²) < 4.78 is 69.4. The maximum atomic E-state index is 14.2. The van der Waals surface area contributed by atoms with Crippen molar-refractivity contribution in [3.05, 3.63) is 0 Å². The summed E-state index contributed by atoms with van der Waals surface area (Å²) in [4.78, 5) is 165. The maximum Gasteiger partial charge on any atom is 0.307 e. The molecule has 0 aromatic carbocycles.